The molecule has 0 aliphatic carbocycles. The molecule has 0 bridgehead atoms. The molecule has 3 aromatic heterocycles. The van der Waals surface area contributed by atoms with Gasteiger partial charge in [-0.25, -0.2) is 9.37 Å². The number of aryl methyl sites for hydroxylation is 1. The van der Waals surface area contributed by atoms with Crippen LogP contribution in [0.15, 0.2) is 46.8 Å². The number of rotatable bonds is 3. The summed E-state index contributed by atoms with van der Waals surface area (Å²) >= 11 is 9.16. The van der Waals surface area contributed by atoms with E-state index in [9.17, 15) is 9.18 Å². The van der Waals surface area contributed by atoms with Gasteiger partial charge in [-0.3, -0.25) is 9.36 Å². The lowest BCUT2D eigenvalue weighted by atomic mass is 10.2. The van der Waals surface area contributed by atoms with E-state index in [0.29, 0.717) is 15.2 Å². The summed E-state index contributed by atoms with van der Waals surface area (Å²) in [4.78, 5) is 20.2. The van der Waals surface area contributed by atoms with Gasteiger partial charge < -0.3 is 0 Å². The predicted octanol–water partition coefficient (Wildman–Crippen LogP) is 5.34. The number of thiophene rings is 2. The Bertz CT molecular complexity index is 1130. The molecule has 0 saturated heterocycles. The van der Waals surface area contributed by atoms with Crippen molar-refractivity contribution in [1.29, 1.82) is 0 Å². The van der Waals surface area contributed by atoms with Crippen LogP contribution >= 0.6 is 34.3 Å². The minimum atomic E-state index is -0.432. The molecule has 4 aromatic rings. The SMILES string of the molecule is Cc1ccc(-c2csc3ncn(Cc4c(F)cccc4Cl)c(=O)c23)s1. The van der Waals surface area contributed by atoms with E-state index in [1.165, 1.54) is 33.2 Å². The molecule has 4 rings (SSSR count). The molecule has 0 aliphatic heterocycles. The Kier molecular flexibility index (Phi) is 4.19. The summed E-state index contributed by atoms with van der Waals surface area (Å²) in [5, 5.41) is 2.82. The molecule has 126 valence electrons. The molecule has 3 nitrogen and oxygen atoms in total. The van der Waals surface area contributed by atoms with Gasteiger partial charge in [-0.15, -0.1) is 22.7 Å². The molecule has 3 heterocycles. The molecule has 25 heavy (non-hydrogen) atoms. The lowest BCUT2D eigenvalue weighted by Crippen LogP contribution is -2.21. The Morgan fingerprint density at radius 1 is 1.28 bits per heavy atom. The zero-order valence-corrected chi connectivity index (χ0v) is 15.5. The van der Waals surface area contributed by atoms with E-state index in [4.69, 9.17) is 11.6 Å². The summed E-state index contributed by atoms with van der Waals surface area (Å²) in [7, 11) is 0. The molecule has 7 heteroatoms. The second-order valence-electron chi connectivity index (χ2n) is 5.62. The van der Waals surface area contributed by atoms with Gasteiger partial charge in [0.25, 0.3) is 5.56 Å². The lowest BCUT2D eigenvalue weighted by molar-refractivity contribution is 0.595. The summed E-state index contributed by atoms with van der Waals surface area (Å²) in [6.07, 6.45) is 1.45. The minimum absolute atomic E-state index is 0.0477. The highest BCUT2D eigenvalue weighted by Crippen LogP contribution is 2.35. The zero-order valence-electron chi connectivity index (χ0n) is 13.1. The third kappa shape index (κ3) is 2.90. The van der Waals surface area contributed by atoms with Gasteiger partial charge in [0.2, 0.25) is 0 Å². The first kappa shape index (κ1) is 16.4. The predicted molar refractivity (Wildman–Crippen MR) is 102 cm³/mol. The standard InChI is InChI=1S/C18H12ClFN2OS2/c1-10-5-6-15(25-10)12-8-24-17-16(12)18(23)22(9-21-17)7-11-13(19)3-2-4-14(11)20/h2-6,8-9H,7H2,1H3. The second kappa shape index (κ2) is 6.37. The fourth-order valence-electron chi connectivity index (χ4n) is 2.69. The van der Waals surface area contributed by atoms with Gasteiger partial charge in [-0.1, -0.05) is 17.7 Å². The summed E-state index contributed by atoms with van der Waals surface area (Å²) < 4.78 is 15.5. The molecule has 0 fully saturated rings. The Morgan fingerprint density at radius 2 is 2.12 bits per heavy atom. The van der Waals surface area contributed by atoms with Gasteiger partial charge in [0.05, 0.1) is 18.3 Å². The number of halogens is 2. The number of aromatic nitrogens is 2. The average molecular weight is 391 g/mol. The lowest BCUT2D eigenvalue weighted by Gasteiger charge is -2.08. The molecule has 0 aliphatic rings. The number of benzene rings is 1. The van der Waals surface area contributed by atoms with Crippen LogP contribution in [-0.4, -0.2) is 9.55 Å². The zero-order chi connectivity index (χ0) is 17.6. The Morgan fingerprint density at radius 3 is 2.84 bits per heavy atom. The third-order valence-electron chi connectivity index (χ3n) is 3.96. The van der Waals surface area contributed by atoms with Crippen LogP contribution < -0.4 is 5.56 Å². The molecule has 0 amide bonds. The quantitative estimate of drug-likeness (QED) is 0.473. The van der Waals surface area contributed by atoms with E-state index in [-0.39, 0.29) is 17.7 Å². The van der Waals surface area contributed by atoms with Crippen molar-refractivity contribution in [2.75, 3.05) is 0 Å². The van der Waals surface area contributed by atoms with Gasteiger partial charge in [0.15, 0.2) is 0 Å². The highest BCUT2D eigenvalue weighted by Gasteiger charge is 2.16. The summed E-state index contributed by atoms with van der Waals surface area (Å²) in [5.74, 6) is -0.432. The molecule has 1 aromatic carbocycles. The molecule has 0 spiro atoms. The van der Waals surface area contributed by atoms with Crippen LogP contribution in [0, 0.1) is 12.7 Å². The largest absolute Gasteiger partial charge is 0.294 e. The summed E-state index contributed by atoms with van der Waals surface area (Å²) in [5.41, 5.74) is 0.979. The van der Waals surface area contributed by atoms with Crippen LogP contribution in [0.1, 0.15) is 10.4 Å². The topological polar surface area (TPSA) is 34.9 Å². The number of hydrogen-bond donors (Lipinski definition) is 0. The van der Waals surface area contributed by atoms with E-state index in [2.05, 4.69) is 4.98 Å². The van der Waals surface area contributed by atoms with Crippen molar-refractivity contribution in [2.24, 2.45) is 0 Å². The van der Waals surface area contributed by atoms with Crippen molar-refractivity contribution >= 4 is 44.5 Å². The van der Waals surface area contributed by atoms with E-state index in [1.54, 1.807) is 23.5 Å². The Balaban J connectivity index is 1.87. The molecule has 0 N–H and O–H groups in total. The minimum Gasteiger partial charge on any atom is -0.294 e. The maximum atomic E-state index is 14.1. The first-order chi connectivity index (χ1) is 12.0. The van der Waals surface area contributed by atoms with E-state index in [1.807, 2.05) is 24.4 Å². The van der Waals surface area contributed by atoms with Crippen molar-refractivity contribution in [2.45, 2.75) is 13.5 Å². The number of fused-ring (bicyclic) bond motifs is 1. The van der Waals surface area contributed by atoms with Gasteiger partial charge in [0, 0.05) is 31.3 Å². The summed E-state index contributed by atoms with van der Waals surface area (Å²) in [6, 6.07) is 8.52. The van der Waals surface area contributed by atoms with E-state index >= 15 is 0 Å². The fourth-order valence-corrected chi connectivity index (χ4v) is 4.78. The highest BCUT2D eigenvalue weighted by molar-refractivity contribution is 7.19. The van der Waals surface area contributed by atoms with Crippen molar-refractivity contribution < 1.29 is 4.39 Å². The molecular formula is C18H12ClFN2OS2. The molecule has 0 unspecified atom stereocenters. The Labute approximate surface area is 156 Å². The van der Waals surface area contributed by atoms with Crippen LogP contribution in [0.4, 0.5) is 4.39 Å². The molecule has 0 radical (unpaired) electrons. The van der Waals surface area contributed by atoms with Crippen molar-refractivity contribution in [3.63, 3.8) is 0 Å². The molecule has 0 saturated carbocycles. The normalized spacial score (nSPS) is 11.3. The third-order valence-corrected chi connectivity index (χ3v) is 6.23. The smallest absolute Gasteiger partial charge is 0.263 e. The maximum absolute atomic E-state index is 14.1. The highest BCUT2D eigenvalue weighted by atomic mass is 35.5. The van der Waals surface area contributed by atoms with Crippen LogP contribution in [-0.2, 0) is 6.54 Å². The molecule has 0 atom stereocenters. The van der Waals surface area contributed by atoms with Crippen molar-refractivity contribution in [1.82, 2.24) is 9.55 Å². The fraction of sp³-hybridized carbons (Fsp3) is 0.111. The number of nitrogens with zero attached hydrogens (tertiary/aromatic N) is 2. The summed E-state index contributed by atoms with van der Waals surface area (Å²) in [6.45, 7) is 2.07. The molecular weight excluding hydrogens is 379 g/mol. The first-order valence-electron chi connectivity index (χ1n) is 7.51. The van der Waals surface area contributed by atoms with Crippen molar-refractivity contribution in [3.8, 4) is 10.4 Å². The van der Waals surface area contributed by atoms with E-state index in [0.717, 1.165) is 10.4 Å². The van der Waals surface area contributed by atoms with Gasteiger partial charge in [-0.05, 0) is 31.2 Å². The van der Waals surface area contributed by atoms with Gasteiger partial charge in [0.1, 0.15) is 10.6 Å². The van der Waals surface area contributed by atoms with Crippen LogP contribution in [0.5, 0.6) is 0 Å². The van der Waals surface area contributed by atoms with Gasteiger partial charge >= 0.3 is 0 Å². The second-order valence-corrected chi connectivity index (χ2v) is 8.17. The Hall–Kier alpha value is -2.02. The monoisotopic (exact) mass is 390 g/mol. The number of hydrogen-bond acceptors (Lipinski definition) is 4. The van der Waals surface area contributed by atoms with Crippen molar-refractivity contribution in [3.05, 3.63) is 73.7 Å². The van der Waals surface area contributed by atoms with Crippen LogP contribution in [0.25, 0.3) is 20.7 Å². The average Bonchev–Trinajstić information content (AvgIpc) is 3.19. The van der Waals surface area contributed by atoms with Crippen LogP contribution in [0.2, 0.25) is 5.02 Å². The first-order valence-corrected chi connectivity index (χ1v) is 9.58. The van der Waals surface area contributed by atoms with Gasteiger partial charge in [-0.2, -0.15) is 0 Å². The van der Waals surface area contributed by atoms with E-state index < -0.39 is 5.82 Å². The van der Waals surface area contributed by atoms with Crippen LogP contribution in [0.3, 0.4) is 0 Å². The maximum Gasteiger partial charge on any atom is 0.263 e.